The van der Waals surface area contributed by atoms with E-state index in [4.69, 9.17) is 10.2 Å². The van der Waals surface area contributed by atoms with E-state index in [1.165, 1.54) is 11.1 Å². The molecule has 0 bridgehead atoms. The number of nitrogens with zero attached hydrogens (tertiary/aromatic N) is 3. The molecule has 1 N–H and O–H groups in total. The van der Waals surface area contributed by atoms with Gasteiger partial charge in [0.1, 0.15) is 22.5 Å². The molecule has 0 aliphatic carbocycles. The molecule has 5 aromatic rings. The molecular weight excluding hydrogens is 486 g/mol. The average Bonchev–Trinajstić information content (AvgIpc) is 3.52. The Kier molecular flexibility index (Phi) is 6.47. The second kappa shape index (κ2) is 9.39. The van der Waals surface area contributed by atoms with Crippen molar-refractivity contribution in [2.75, 3.05) is 0 Å². The minimum absolute atomic E-state index is 0.124. The fourth-order valence-electron chi connectivity index (χ4n) is 5.71. The number of thiophene rings is 1. The fourth-order valence-corrected chi connectivity index (χ4v) is 6.37. The van der Waals surface area contributed by atoms with Crippen molar-refractivity contribution in [3.63, 3.8) is 0 Å². The molecule has 0 radical (unpaired) electrons. The Hall–Kier alpha value is -3.44. The van der Waals surface area contributed by atoms with Crippen LogP contribution in [0.2, 0.25) is 0 Å². The van der Waals surface area contributed by atoms with Crippen molar-refractivity contribution in [2.24, 2.45) is 5.41 Å². The van der Waals surface area contributed by atoms with E-state index in [1.54, 1.807) is 16.1 Å². The first-order valence-corrected chi connectivity index (χ1v) is 14.1. The zero-order chi connectivity index (χ0) is 27.3. The summed E-state index contributed by atoms with van der Waals surface area (Å²) in [5.74, 6) is 0.215. The van der Waals surface area contributed by atoms with Crippen molar-refractivity contribution in [1.29, 1.82) is 0 Å². The van der Waals surface area contributed by atoms with Crippen LogP contribution >= 0.6 is 11.3 Å². The molecule has 4 nitrogen and oxygen atoms in total. The van der Waals surface area contributed by atoms with Crippen LogP contribution in [0, 0.1) is 5.41 Å². The summed E-state index contributed by atoms with van der Waals surface area (Å²) in [5.41, 5.74) is 7.28. The van der Waals surface area contributed by atoms with Crippen LogP contribution in [0.1, 0.15) is 71.6 Å². The normalized spacial score (nSPS) is 12.8. The van der Waals surface area contributed by atoms with Crippen LogP contribution in [0.15, 0.2) is 77.5 Å². The van der Waals surface area contributed by atoms with Gasteiger partial charge in [-0.3, -0.25) is 0 Å². The third kappa shape index (κ3) is 5.00. The summed E-state index contributed by atoms with van der Waals surface area (Å²) < 4.78 is 0. The summed E-state index contributed by atoms with van der Waals surface area (Å²) in [6.07, 6.45) is 0.994. The van der Waals surface area contributed by atoms with Gasteiger partial charge in [0, 0.05) is 11.0 Å². The third-order valence-corrected chi connectivity index (χ3v) is 8.15. The van der Waals surface area contributed by atoms with Crippen LogP contribution in [0.3, 0.4) is 0 Å². The summed E-state index contributed by atoms with van der Waals surface area (Å²) >= 11 is 1.68. The van der Waals surface area contributed by atoms with Gasteiger partial charge in [0.25, 0.3) is 0 Å². The number of phenolic OH excluding ortho intramolecular Hbond substituents is 1. The van der Waals surface area contributed by atoms with E-state index >= 15 is 0 Å². The Labute approximate surface area is 230 Å². The first kappa shape index (κ1) is 26.2. The Morgan fingerprint density at radius 3 is 2.13 bits per heavy atom. The molecule has 0 aliphatic heterocycles. The van der Waals surface area contributed by atoms with Gasteiger partial charge in [-0.15, -0.1) is 15.0 Å². The maximum atomic E-state index is 11.8. The van der Waals surface area contributed by atoms with Crippen molar-refractivity contribution in [3.8, 4) is 22.6 Å². The molecule has 0 spiro atoms. The maximum absolute atomic E-state index is 11.8. The van der Waals surface area contributed by atoms with Crippen LogP contribution < -0.4 is 0 Å². The summed E-state index contributed by atoms with van der Waals surface area (Å²) in [6.45, 7) is 15.7. The molecule has 2 aromatic heterocycles. The lowest BCUT2D eigenvalue weighted by atomic mass is 9.70. The zero-order valence-electron chi connectivity index (χ0n) is 23.4. The Morgan fingerprint density at radius 1 is 0.763 bits per heavy atom. The minimum atomic E-state index is -0.424. The van der Waals surface area contributed by atoms with Crippen molar-refractivity contribution in [1.82, 2.24) is 15.0 Å². The molecule has 0 saturated carbocycles. The number of benzene rings is 3. The molecule has 0 atom stereocenters. The van der Waals surface area contributed by atoms with E-state index in [2.05, 4.69) is 114 Å². The largest absolute Gasteiger partial charge is 0.505 e. The third-order valence-electron chi connectivity index (χ3n) is 7.46. The summed E-state index contributed by atoms with van der Waals surface area (Å²) in [7, 11) is 0. The molecule has 0 fully saturated rings. The highest BCUT2D eigenvalue weighted by Crippen LogP contribution is 2.44. The Bertz CT molecular complexity index is 1570. The van der Waals surface area contributed by atoms with Crippen LogP contribution in [-0.2, 0) is 10.8 Å². The van der Waals surface area contributed by atoms with Crippen LogP contribution in [0.4, 0.5) is 0 Å². The quantitative estimate of drug-likeness (QED) is 0.242. The lowest BCUT2D eigenvalue weighted by molar-refractivity contribution is 0.283. The summed E-state index contributed by atoms with van der Waals surface area (Å²) in [5, 5.41) is 25.7. The SMILES string of the molecule is CC(C)(C)CC(C)(C)c1cc(-n2nc3ccc(-c4ccsc4)cc3n2)c(O)c(C(C)(C)c2ccccc2)c1. The molecule has 3 aromatic carbocycles. The number of aromatic hydroxyl groups is 1. The molecule has 0 amide bonds. The fraction of sp³-hybridized carbons (Fsp3) is 0.333. The first-order valence-electron chi connectivity index (χ1n) is 13.2. The van der Waals surface area contributed by atoms with E-state index in [0.717, 1.165) is 34.1 Å². The number of hydrogen-bond acceptors (Lipinski definition) is 4. The van der Waals surface area contributed by atoms with E-state index in [1.807, 2.05) is 12.1 Å². The number of phenols is 1. The Balaban J connectivity index is 1.70. The highest BCUT2D eigenvalue weighted by molar-refractivity contribution is 7.08. The second-order valence-corrected chi connectivity index (χ2v) is 13.5. The zero-order valence-corrected chi connectivity index (χ0v) is 24.2. The topological polar surface area (TPSA) is 50.9 Å². The molecule has 0 unspecified atom stereocenters. The molecule has 0 saturated heterocycles. The van der Waals surface area contributed by atoms with Gasteiger partial charge in [0.05, 0.1) is 0 Å². The van der Waals surface area contributed by atoms with Crippen LogP contribution in [0.25, 0.3) is 27.8 Å². The molecule has 2 heterocycles. The molecule has 0 aliphatic rings. The van der Waals surface area contributed by atoms with Crippen molar-refractivity contribution >= 4 is 22.4 Å². The molecule has 38 heavy (non-hydrogen) atoms. The van der Waals surface area contributed by atoms with Gasteiger partial charge < -0.3 is 5.11 Å². The van der Waals surface area contributed by atoms with Gasteiger partial charge in [0.2, 0.25) is 0 Å². The Morgan fingerprint density at radius 2 is 1.47 bits per heavy atom. The number of rotatable bonds is 6. The van der Waals surface area contributed by atoms with Crippen molar-refractivity contribution < 1.29 is 5.11 Å². The monoisotopic (exact) mass is 523 g/mol. The average molecular weight is 524 g/mol. The van der Waals surface area contributed by atoms with Gasteiger partial charge in [-0.2, -0.15) is 11.3 Å². The minimum Gasteiger partial charge on any atom is -0.505 e. The lowest BCUT2D eigenvalue weighted by Crippen LogP contribution is -2.27. The highest BCUT2D eigenvalue weighted by atomic mass is 32.1. The second-order valence-electron chi connectivity index (χ2n) is 12.7. The van der Waals surface area contributed by atoms with Gasteiger partial charge >= 0.3 is 0 Å². The van der Waals surface area contributed by atoms with E-state index in [-0.39, 0.29) is 16.6 Å². The van der Waals surface area contributed by atoms with E-state index in [9.17, 15) is 5.11 Å². The van der Waals surface area contributed by atoms with E-state index < -0.39 is 5.41 Å². The van der Waals surface area contributed by atoms with Crippen molar-refractivity contribution in [3.05, 3.63) is 94.2 Å². The molecular formula is C33H37N3OS. The van der Waals surface area contributed by atoms with Gasteiger partial charge in [-0.05, 0) is 74.5 Å². The lowest BCUT2D eigenvalue weighted by Gasteiger charge is -2.35. The van der Waals surface area contributed by atoms with E-state index in [0.29, 0.717) is 5.69 Å². The van der Waals surface area contributed by atoms with Crippen LogP contribution in [-0.4, -0.2) is 20.1 Å². The van der Waals surface area contributed by atoms with Crippen molar-refractivity contribution in [2.45, 2.75) is 65.7 Å². The first-order chi connectivity index (χ1) is 17.8. The number of hydrogen-bond donors (Lipinski definition) is 1. The summed E-state index contributed by atoms with van der Waals surface area (Å²) in [4.78, 5) is 1.61. The van der Waals surface area contributed by atoms with Crippen LogP contribution in [0.5, 0.6) is 5.75 Å². The standard InChI is InChI=1S/C33H37N3OS/c1-31(2,3)21-32(4,5)25-18-26(33(6,7)24-11-9-8-10-12-24)30(37)29(19-25)36-34-27-14-13-22(17-28(27)35-36)23-15-16-38-20-23/h8-20,37H,21H2,1-7H3. The molecule has 5 heteroatoms. The predicted molar refractivity (Wildman–Crippen MR) is 160 cm³/mol. The smallest absolute Gasteiger partial charge is 0.147 e. The maximum Gasteiger partial charge on any atom is 0.147 e. The van der Waals surface area contributed by atoms with Gasteiger partial charge in [-0.25, -0.2) is 0 Å². The molecule has 5 rings (SSSR count). The number of fused-ring (bicyclic) bond motifs is 1. The summed E-state index contributed by atoms with van der Waals surface area (Å²) in [6, 6.07) is 22.9. The van der Waals surface area contributed by atoms with Gasteiger partial charge in [-0.1, -0.05) is 90.9 Å². The molecule has 196 valence electrons. The van der Waals surface area contributed by atoms with Gasteiger partial charge in [0.15, 0.2) is 0 Å². The number of aromatic nitrogens is 3. The predicted octanol–water partition coefficient (Wildman–Crippen LogP) is 8.89. The highest BCUT2D eigenvalue weighted by Gasteiger charge is 2.33.